The predicted molar refractivity (Wildman–Crippen MR) is 127 cm³/mol. The van der Waals surface area contributed by atoms with Gasteiger partial charge in [0.1, 0.15) is 25.1 Å². The summed E-state index contributed by atoms with van der Waals surface area (Å²) in [4.78, 5) is 15.4. The molecule has 1 unspecified atom stereocenters. The lowest BCUT2D eigenvalue weighted by molar-refractivity contribution is -0.0361. The van der Waals surface area contributed by atoms with Gasteiger partial charge < -0.3 is 24.3 Å². The van der Waals surface area contributed by atoms with Crippen LogP contribution in [0.2, 0.25) is 0 Å². The van der Waals surface area contributed by atoms with Crippen LogP contribution in [0.3, 0.4) is 0 Å². The third kappa shape index (κ3) is 3.96. The molecule has 7 heteroatoms. The number of nitrogens with zero attached hydrogens (tertiary/aromatic N) is 1. The molecule has 5 aliphatic rings. The van der Waals surface area contributed by atoms with Crippen molar-refractivity contribution >= 4 is 6.09 Å². The minimum absolute atomic E-state index is 0.0116. The molecular formula is C27H32N2O5. The van der Waals surface area contributed by atoms with Crippen molar-refractivity contribution in [1.29, 1.82) is 0 Å². The SMILES string of the molecule is CC1(C)COc2cc(-c3ccc4c(c3)OCCO4)ccc2C1NC(=O)O[C@@H]1CN2CCC1CC2. The van der Waals surface area contributed by atoms with Crippen molar-refractivity contribution in [2.75, 3.05) is 39.5 Å². The molecule has 0 spiro atoms. The second kappa shape index (κ2) is 8.38. The van der Waals surface area contributed by atoms with Crippen LogP contribution in [0.5, 0.6) is 17.2 Å². The van der Waals surface area contributed by atoms with Crippen molar-refractivity contribution in [3.05, 3.63) is 42.0 Å². The average Bonchev–Trinajstić information content (AvgIpc) is 2.86. The van der Waals surface area contributed by atoms with E-state index in [1.54, 1.807) is 0 Å². The van der Waals surface area contributed by atoms with Gasteiger partial charge in [-0.15, -0.1) is 0 Å². The molecule has 1 amide bonds. The van der Waals surface area contributed by atoms with Gasteiger partial charge in [-0.05, 0) is 61.2 Å². The van der Waals surface area contributed by atoms with Crippen molar-refractivity contribution in [3.8, 4) is 28.4 Å². The summed E-state index contributed by atoms with van der Waals surface area (Å²) >= 11 is 0. The van der Waals surface area contributed by atoms with E-state index < -0.39 is 0 Å². The Bertz CT molecular complexity index is 1090. The molecule has 34 heavy (non-hydrogen) atoms. The van der Waals surface area contributed by atoms with E-state index >= 15 is 0 Å². The van der Waals surface area contributed by atoms with Crippen LogP contribution in [-0.2, 0) is 4.74 Å². The smallest absolute Gasteiger partial charge is 0.407 e. The highest BCUT2D eigenvalue weighted by atomic mass is 16.6. The maximum absolute atomic E-state index is 13.0. The van der Waals surface area contributed by atoms with Gasteiger partial charge >= 0.3 is 6.09 Å². The molecule has 0 radical (unpaired) electrons. The molecule has 2 aromatic rings. The first-order valence-corrected chi connectivity index (χ1v) is 12.3. The fourth-order valence-electron chi connectivity index (χ4n) is 5.68. The summed E-state index contributed by atoms with van der Waals surface area (Å²) in [5, 5.41) is 3.18. The summed E-state index contributed by atoms with van der Waals surface area (Å²) < 4.78 is 23.5. The van der Waals surface area contributed by atoms with Gasteiger partial charge in [-0.1, -0.05) is 32.0 Å². The molecule has 0 saturated carbocycles. The Kier molecular flexibility index (Phi) is 5.32. The number of carbonyl (C=O) groups excluding carboxylic acids is 1. The number of alkyl carbamates (subject to hydrolysis) is 1. The van der Waals surface area contributed by atoms with E-state index in [2.05, 4.69) is 36.2 Å². The lowest BCUT2D eigenvalue weighted by Crippen LogP contribution is -2.53. The summed E-state index contributed by atoms with van der Waals surface area (Å²) in [6.07, 6.45) is 1.89. The molecule has 2 bridgehead atoms. The van der Waals surface area contributed by atoms with Crippen LogP contribution in [0.25, 0.3) is 11.1 Å². The van der Waals surface area contributed by atoms with Crippen LogP contribution in [-0.4, -0.2) is 56.6 Å². The van der Waals surface area contributed by atoms with Crippen LogP contribution in [0.4, 0.5) is 4.79 Å². The first kappa shape index (κ1) is 21.6. The fourth-order valence-corrected chi connectivity index (χ4v) is 5.68. The highest BCUT2D eigenvalue weighted by molar-refractivity contribution is 5.71. The molecule has 1 N–H and O–H groups in total. The number of piperidine rings is 3. The molecule has 2 atom stereocenters. The summed E-state index contributed by atoms with van der Waals surface area (Å²) in [5.74, 6) is 2.81. The van der Waals surface area contributed by atoms with Gasteiger partial charge in [0, 0.05) is 17.5 Å². The number of benzene rings is 2. The number of amides is 1. The molecule has 180 valence electrons. The van der Waals surface area contributed by atoms with Gasteiger partial charge in [0.15, 0.2) is 11.5 Å². The van der Waals surface area contributed by atoms with E-state index in [1.165, 1.54) is 0 Å². The molecule has 3 saturated heterocycles. The van der Waals surface area contributed by atoms with E-state index in [9.17, 15) is 4.79 Å². The molecule has 0 aliphatic carbocycles. The Labute approximate surface area is 200 Å². The van der Waals surface area contributed by atoms with Crippen LogP contribution >= 0.6 is 0 Å². The lowest BCUT2D eigenvalue weighted by atomic mass is 9.78. The number of hydrogen-bond donors (Lipinski definition) is 1. The Balaban J connectivity index is 1.22. The fraction of sp³-hybridized carbons (Fsp3) is 0.519. The number of nitrogens with one attached hydrogen (secondary N) is 1. The van der Waals surface area contributed by atoms with Gasteiger partial charge in [-0.3, -0.25) is 4.90 Å². The van der Waals surface area contributed by atoms with Crippen molar-refractivity contribution in [2.24, 2.45) is 11.3 Å². The topological polar surface area (TPSA) is 69.3 Å². The first-order chi connectivity index (χ1) is 16.5. The maximum atomic E-state index is 13.0. The molecule has 3 fully saturated rings. The van der Waals surface area contributed by atoms with E-state index in [0.717, 1.165) is 66.4 Å². The van der Waals surface area contributed by atoms with Crippen molar-refractivity contribution < 1.29 is 23.7 Å². The zero-order valence-electron chi connectivity index (χ0n) is 19.8. The van der Waals surface area contributed by atoms with Crippen LogP contribution < -0.4 is 19.5 Å². The lowest BCUT2D eigenvalue weighted by Gasteiger charge is -2.44. The summed E-state index contributed by atoms with van der Waals surface area (Å²) in [6, 6.07) is 12.0. The number of rotatable bonds is 3. The van der Waals surface area contributed by atoms with E-state index in [-0.39, 0.29) is 23.7 Å². The largest absolute Gasteiger partial charge is 0.493 e. The zero-order chi connectivity index (χ0) is 23.3. The Morgan fingerprint density at radius 2 is 1.68 bits per heavy atom. The Morgan fingerprint density at radius 3 is 2.41 bits per heavy atom. The normalized spacial score (nSPS) is 28.4. The Morgan fingerprint density at radius 1 is 0.971 bits per heavy atom. The molecular weight excluding hydrogens is 432 g/mol. The molecule has 5 aliphatic heterocycles. The summed E-state index contributed by atoms with van der Waals surface area (Å²) in [6.45, 7) is 8.97. The van der Waals surface area contributed by atoms with Gasteiger partial charge in [-0.2, -0.15) is 0 Å². The number of ether oxygens (including phenoxy) is 4. The molecule has 2 aromatic carbocycles. The van der Waals surface area contributed by atoms with Gasteiger partial charge in [0.2, 0.25) is 0 Å². The number of carbonyl (C=O) groups is 1. The second-order valence-electron chi connectivity index (χ2n) is 10.5. The molecule has 7 nitrogen and oxygen atoms in total. The molecule has 7 rings (SSSR count). The van der Waals surface area contributed by atoms with Crippen LogP contribution in [0.1, 0.15) is 38.3 Å². The highest BCUT2D eigenvalue weighted by Gasteiger charge is 2.41. The highest BCUT2D eigenvalue weighted by Crippen LogP contribution is 2.45. The molecule has 5 heterocycles. The third-order valence-corrected chi connectivity index (χ3v) is 7.70. The van der Waals surface area contributed by atoms with Crippen molar-refractivity contribution in [3.63, 3.8) is 0 Å². The van der Waals surface area contributed by atoms with E-state index in [0.29, 0.717) is 25.7 Å². The predicted octanol–water partition coefficient (Wildman–Crippen LogP) is 4.40. The van der Waals surface area contributed by atoms with Crippen molar-refractivity contribution in [1.82, 2.24) is 10.2 Å². The maximum Gasteiger partial charge on any atom is 0.407 e. The summed E-state index contributed by atoms with van der Waals surface area (Å²) in [7, 11) is 0. The standard InChI is InChI=1S/C27H32N2O5/c1-27(2)16-33-22-13-18(19-4-6-21-23(14-19)32-12-11-31-21)3-5-20(22)25(27)28-26(30)34-24-15-29-9-7-17(24)8-10-29/h3-6,13-14,17,24-25H,7-12,15-16H2,1-2H3,(H,28,30)/t24-,25?/m1/s1. The van der Waals surface area contributed by atoms with Crippen LogP contribution in [0, 0.1) is 11.3 Å². The second-order valence-corrected chi connectivity index (χ2v) is 10.5. The van der Waals surface area contributed by atoms with E-state index in [1.807, 2.05) is 24.3 Å². The number of hydrogen-bond acceptors (Lipinski definition) is 6. The van der Waals surface area contributed by atoms with E-state index in [4.69, 9.17) is 18.9 Å². The van der Waals surface area contributed by atoms with Gasteiger partial charge in [0.25, 0.3) is 0 Å². The summed E-state index contributed by atoms with van der Waals surface area (Å²) in [5.41, 5.74) is 2.78. The van der Waals surface area contributed by atoms with Crippen molar-refractivity contribution in [2.45, 2.75) is 38.8 Å². The average molecular weight is 465 g/mol. The minimum atomic E-state index is -0.333. The quantitative estimate of drug-likeness (QED) is 0.726. The zero-order valence-corrected chi connectivity index (χ0v) is 19.8. The monoisotopic (exact) mass is 464 g/mol. The van der Waals surface area contributed by atoms with Gasteiger partial charge in [0.05, 0.1) is 12.6 Å². The van der Waals surface area contributed by atoms with Gasteiger partial charge in [-0.25, -0.2) is 4.79 Å². The minimum Gasteiger partial charge on any atom is -0.493 e. The third-order valence-electron chi connectivity index (χ3n) is 7.70. The first-order valence-electron chi connectivity index (χ1n) is 12.3. The Hall–Kier alpha value is -2.93. The molecule has 0 aromatic heterocycles. The van der Waals surface area contributed by atoms with Crippen LogP contribution in [0.15, 0.2) is 36.4 Å². The number of fused-ring (bicyclic) bond motifs is 5.